The van der Waals surface area contributed by atoms with Gasteiger partial charge in [0.15, 0.2) is 5.78 Å². The Labute approximate surface area is 95.9 Å². The molecule has 0 aliphatic heterocycles. The average Bonchev–Trinajstić information content (AvgIpc) is 2.25. The largest absolute Gasteiger partial charge is 0.480 e. The van der Waals surface area contributed by atoms with Crippen LogP contribution < -0.4 is 4.74 Å². The minimum Gasteiger partial charge on any atom is -0.480 e. The first-order valence-corrected chi connectivity index (χ1v) is 4.99. The second-order valence-corrected chi connectivity index (χ2v) is 3.48. The number of carbonyl (C=O) groups excluding carboxylic acids is 1. The number of carbonyl (C=O) groups is 1. The fourth-order valence-electron chi connectivity index (χ4n) is 1.26. The van der Waals surface area contributed by atoms with E-state index in [1.54, 1.807) is 6.08 Å². The van der Waals surface area contributed by atoms with Crippen LogP contribution in [0.2, 0.25) is 0 Å². The van der Waals surface area contributed by atoms with Gasteiger partial charge >= 0.3 is 0 Å². The van der Waals surface area contributed by atoms with Gasteiger partial charge in [-0.3, -0.25) is 4.79 Å². The van der Waals surface area contributed by atoms with Gasteiger partial charge in [-0.05, 0) is 38.1 Å². The van der Waals surface area contributed by atoms with Gasteiger partial charge in [0.2, 0.25) is 0 Å². The predicted molar refractivity (Wildman–Crippen MR) is 65.2 cm³/mol. The SMILES string of the molecule is C#CCOc1ccc(C)cc1/C=C/C(C)=O. The van der Waals surface area contributed by atoms with Gasteiger partial charge < -0.3 is 4.74 Å². The van der Waals surface area contributed by atoms with Gasteiger partial charge in [0.1, 0.15) is 12.4 Å². The van der Waals surface area contributed by atoms with E-state index in [0.717, 1.165) is 11.1 Å². The first kappa shape index (κ1) is 12.1. The third-order valence-corrected chi connectivity index (χ3v) is 1.97. The number of hydrogen-bond donors (Lipinski definition) is 0. The van der Waals surface area contributed by atoms with Gasteiger partial charge in [-0.15, -0.1) is 6.42 Å². The lowest BCUT2D eigenvalue weighted by atomic mass is 10.1. The molecule has 0 atom stereocenters. The molecule has 1 aromatic carbocycles. The highest BCUT2D eigenvalue weighted by Crippen LogP contribution is 2.21. The number of benzene rings is 1. The zero-order valence-electron chi connectivity index (χ0n) is 9.49. The van der Waals surface area contributed by atoms with Crippen molar-refractivity contribution in [1.29, 1.82) is 0 Å². The molecule has 0 aliphatic carbocycles. The molecule has 0 N–H and O–H groups in total. The van der Waals surface area contributed by atoms with Gasteiger partial charge in [0.05, 0.1) is 0 Å². The second kappa shape index (κ2) is 5.77. The highest BCUT2D eigenvalue weighted by atomic mass is 16.5. The molecule has 1 rings (SSSR count). The summed E-state index contributed by atoms with van der Waals surface area (Å²) in [6.45, 7) is 3.72. The molecule has 0 heterocycles. The quantitative estimate of drug-likeness (QED) is 0.569. The highest BCUT2D eigenvalue weighted by molar-refractivity contribution is 5.91. The summed E-state index contributed by atoms with van der Waals surface area (Å²) in [5, 5.41) is 0. The van der Waals surface area contributed by atoms with Crippen LogP contribution in [0.25, 0.3) is 6.08 Å². The molecule has 1 aromatic rings. The lowest BCUT2D eigenvalue weighted by Crippen LogP contribution is -1.96. The van der Waals surface area contributed by atoms with E-state index >= 15 is 0 Å². The zero-order chi connectivity index (χ0) is 12.0. The Balaban J connectivity index is 2.99. The van der Waals surface area contributed by atoms with Crippen molar-refractivity contribution in [1.82, 2.24) is 0 Å². The van der Waals surface area contributed by atoms with Crippen LogP contribution in [0.5, 0.6) is 5.75 Å². The summed E-state index contributed by atoms with van der Waals surface area (Å²) in [6.07, 6.45) is 8.38. The standard InChI is InChI=1S/C14H14O2/c1-4-9-16-14-8-5-11(2)10-13(14)7-6-12(3)15/h1,5-8,10H,9H2,2-3H3/b7-6+. The summed E-state index contributed by atoms with van der Waals surface area (Å²) in [5.41, 5.74) is 1.97. The van der Waals surface area contributed by atoms with Crippen molar-refractivity contribution < 1.29 is 9.53 Å². The number of rotatable bonds is 4. The number of allylic oxidation sites excluding steroid dienone is 1. The third kappa shape index (κ3) is 3.62. The van der Waals surface area contributed by atoms with Gasteiger partial charge in [-0.1, -0.05) is 17.6 Å². The Kier molecular flexibility index (Phi) is 4.35. The molecule has 82 valence electrons. The number of terminal acetylenes is 1. The molecule has 16 heavy (non-hydrogen) atoms. The smallest absolute Gasteiger partial charge is 0.152 e. The molecule has 0 aliphatic rings. The zero-order valence-corrected chi connectivity index (χ0v) is 9.49. The van der Waals surface area contributed by atoms with E-state index in [1.165, 1.54) is 13.0 Å². The Hall–Kier alpha value is -2.01. The van der Waals surface area contributed by atoms with Crippen LogP contribution in [0.3, 0.4) is 0 Å². The maximum atomic E-state index is 10.9. The molecule has 0 saturated heterocycles. The van der Waals surface area contributed by atoms with Crippen LogP contribution in [-0.4, -0.2) is 12.4 Å². The number of ketones is 1. The molecule has 0 bridgehead atoms. The van der Waals surface area contributed by atoms with Gasteiger partial charge in [0.25, 0.3) is 0 Å². The fraction of sp³-hybridized carbons (Fsp3) is 0.214. The Bertz CT molecular complexity index is 450. The molecule has 0 radical (unpaired) electrons. The van der Waals surface area contributed by atoms with Crippen molar-refractivity contribution in [3.8, 4) is 18.1 Å². The van der Waals surface area contributed by atoms with Gasteiger partial charge in [-0.25, -0.2) is 0 Å². The lowest BCUT2D eigenvalue weighted by Gasteiger charge is -2.07. The second-order valence-electron chi connectivity index (χ2n) is 3.48. The summed E-state index contributed by atoms with van der Waals surface area (Å²) >= 11 is 0. The molecule has 0 amide bonds. The normalized spacial score (nSPS) is 10.1. The van der Waals surface area contributed by atoms with Crippen molar-refractivity contribution in [2.75, 3.05) is 6.61 Å². The fourth-order valence-corrected chi connectivity index (χ4v) is 1.26. The predicted octanol–water partition coefficient (Wildman–Crippen LogP) is 2.61. The van der Waals surface area contributed by atoms with E-state index in [1.807, 2.05) is 25.1 Å². The van der Waals surface area contributed by atoms with Crippen molar-refractivity contribution in [3.63, 3.8) is 0 Å². The molecule has 0 unspecified atom stereocenters. The molecular formula is C14H14O2. The van der Waals surface area contributed by atoms with Crippen molar-refractivity contribution >= 4 is 11.9 Å². The monoisotopic (exact) mass is 214 g/mol. The van der Waals surface area contributed by atoms with Crippen molar-refractivity contribution in [2.45, 2.75) is 13.8 Å². The van der Waals surface area contributed by atoms with E-state index in [2.05, 4.69) is 5.92 Å². The van der Waals surface area contributed by atoms with E-state index in [9.17, 15) is 4.79 Å². The van der Waals surface area contributed by atoms with E-state index in [4.69, 9.17) is 11.2 Å². The number of ether oxygens (including phenoxy) is 1. The molecule has 0 spiro atoms. The summed E-state index contributed by atoms with van der Waals surface area (Å²) in [6, 6.07) is 5.74. The summed E-state index contributed by atoms with van der Waals surface area (Å²) in [7, 11) is 0. The number of hydrogen-bond acceptors (Lipinski definition) is 2. The molecular weight excluding hydrogens is 200 g/mol. The average molecular weight is 214 g/mol. The van der Waals surface area contributed by atoms with Gasteiger partial charge in [-0.2, -0.15) is 0 Å². The lowest BCUT2D eigenvalue weighted by molar-refractivity contribution is -0.112. The minimum atomic E-state index is 0.00408. The van der Waals surface area contributed by atoms with Crippen LogP contribution in [0.15, 0.2) is 24.3 Å². The summed E-state index contributed by atoms with van der Waals surface area (Å²) < 4.78 is 5.37. The van der Waals surface area contributed by atoms with Crippen LogP contribution in [-0.2, 0) is 4.79 Å². The third-order valence-electron chi connectivity index (χ3n) is 1.97. The molecule has 2 heteroatoms. The van der Waals surface area contributed by atoms with Gasteiger partial charge in [0, 0.05) is 5.56 Å². The molecule has 0 fully saturated rings. The van der Waals surface area contributed by atoms with Crippen molar-refractivity contribution in [3.05, 3.63) is 35.4 Å². The molecule has 0 aromatic heterocycles. The van der Waals surface area contributed by atoms with Crippen LogP contribution in [0.4, 0.5) is 0 Å². The van der Waals surface area contributed by atoms with Crippen molar-refractivity contribution in [2.24, 2.45) is 0 Å². The van der Waals surface area contributed by atoms with E-state index in [0.29, 0.717) is 5.75 Å². The maximum Gasteiger partial charge on any atom is 0.152 e. The summed E-state index contributed by atoms with van der Waals surface area (Å²) in [4.78, 5) is 10.9. The van der Waals surface area contributed by atoms with Crippen LogP contribution >= 0.6 is 0 Å². The van der Waals surface area contributed by atoms with Crippen LogP contribution in [0.1, 0.15) is 18.1 Å². The molecule has 0 saturated carbocycles. The van der Waals surface area contributed by atoms with Crippen LogP contribution in [0, 0.1) is 19.3 Å². The first-order chi connectivity index (χ1) is 7.63. The maximum absolute atomic E-state index is 10.9. The topological polar surface area (TPSA) is 26.3 Å². The highest BCUT2D eigenvalue weighted by Gasteiger charge is 2.00. The number of aryl methyl sites for hydroxylation is 1. The Morgan fingerprint density at radius 1 is 1.56 bits per heavy atom. The van der Waals surface area contributed by atoms with E-state index in [-0.39, 0.29) is 12.4 Å². The van der Waals surface area contributed by atoms with E-state index < -0.39 is 0 Å². The Morgan fingerprint density at radius 2 is 2.31 bits per heavy atom. The minimum absolute atomic E-state index is 0.00408. The summed E-state index contributed by atoms with van der Waals surface area (Å²) in [5.74, 6) is 3.11. The Morgan fingerprint density at radius 3 is 2.94 bits per heavy atom. The molecule has 2 nitrogen and oxygen atoms in total. The first-order valence-electron chi connectivity index (χ1n) is 4.99.